The molecule has 0 aliphatic heterocycles. The molecular formula is C15H14F3NO2. The van der Waals surface area contributed by atoms with E-state index in [4.69, 9.17) is 15.2 Å². The van der Waals surface area contributed by atoms with Gasteiger partial charge in [0.25, 0.3) is 0 Å². The molecule has 6 heteroatoms. The Hall–Kier alpha value is -2.21. The van der Waals surface area contributed by atoms with Crippen molar-refractivity contribution in [2.24, 2.45) is 0 Å². The van der Waals surface area contributed by atoms with Gasteiger partial charge in [-0.05, 0) is 35.9 Å². The minimum atomic E-state index is -4.43. The molecule has 0 heterocycles. The van der Waals surface area contributed by atoms with Crippen molar-refractivity contribution in [2.45, 2.75) is 12.8 Å². The molecular weight excluding hydrogens is 283 g/mol. The minimum absolute atomic E-state index is 0.0676. The van der Waals surface area contributed by atoms with Crippen LogP contribution in [0.2, 0.25) is 0 Å². The highest BCUT2D eigenvalue weighted by atomic mass is 19.4. The summed E-state index contributed by atoms with van der Waals surface area (Å²) in [7, 11) is 1.57. The van der Waals surface area contributed by atoms with Crippen LogP contribution in [0.3, 0.4) is 0 Å². The van der Waals surface area contributed by atoms with Crippen LogP contribution >= 0.6 is 0 Å². The van der Waals surface area contributed by atoms with Crippen molar-refractivity contribution in [3.63, 3.8) is 0 Å². The second-order valence-electron chi connectivity index (χ2n) is 4.43. The zero-order valence-electron chi connectivity index (χ0n) is 11.3. The Bertz CT molecular complexity index is 627. The van der Waals surface area contributed by atoms with E-state index < -0.39 is 11.7 Å². The van der Waals surface area contributed by atoms with Gasteiger partial charge in [-0.2, -0.15) is 13.2 Å². The number of rotatable bonds is 4. The van der Waals surface area contributed by atoms with Gasteiger partial charge in [-0.1, -0.05) is 12.1 Å². The Balaban J connectivity index is 2.22. The molecule has 0 atom stereocenters. The van der Waals surface area contributed by atoms with E-state index in [2.05, 4.69) is 0 Å². The molecule has 3 nitrogen and oxygen atoms in total. The van der Waals surface area contributed by atoms with Gasteiger partial charge in [0.2, 0.25) is 0 Å². The molecule has 0 saturated carbocycles. The van der Waals surface area contributed by atoms with E-state index in [0.29, 0.717) is 12.4 Å². The third kappa shape index (κ3) is 3.88. The van der Waals surface area contributed by atoms with Crippen molar-refractivity contribution in [3.8, 4) is 11.5 Å². The molecule has 2 aromatic rings. The summed E-state index contributed by atoms with van der Waals surface area (Å²) in [5.74, 6) is 0.661. The fraction of sp³-hybridized carbons (Fsp3) is 0.200. The molecule has 0 bridgehead atoms. The number of halogens is 3. The monoisotopic (exact) mass is 297 g/mol. The zero-order valence-corrected chi connectivity index (χ0v) is 11.3. The van der Waals surface area contributed by atoms with Gasteiger partial charge in [0, 0.05) is 7.11 Å². The van der Waals surface area contributed by atoms with Crippen molar-refractivity contribution in [1.29, 1.82) is 0 Å². The summed E-state index contributed by atoms with van der Waals surface area (Å²) in [5.41, 5.74) is 5.63. The zero-order chi connectivity index (χ0) is 15.5. The first-order chi connectivity index (χ1) is 9.90. The van der Waals surface area contributed by atoms with E-state index in [0.717, 1.165) is 17.7 Å². The number of methoxy groups -OCH3 is 1. The predicted molar refractivity (Wildman–Crippen MR) is 73.1 cm³/mol. The molecule has 0 aliphatic carbocycles. The molecule has 0 aliphatic rings. The van der Waals surface area contributed by atoms with Crippen LogP contribution in [-0.2, 0) is 17.5 Å². The quantitative estimate of drug-likeness (QED) is 0.859. The van der Waals surface area contributed by atoms with Crippen molar-refractivity contribution in [2.75, 3.05) is 12.8 Å². The topological polar surface area (TPSA) is 44.5 Å². The maximum absolute atomic E-state index is 12.6. The molecule has 0 fully saturated rings. The first-order valence-electron chi connectivity index (χ1n) is 6.12. The Kier molecular flexibility index (Phi) is 4.37. The molecule has 0 amide bonds. The van der Waals surface area contributed by atoms with Crippen LogP contribution in [0.1, 0.15) is 11.1 Å². The number of hydrogen-bond donors (Lipinski definition) is 1. The lowest BCUT2D eigenvalue weighted by atomic mass is 10.2. The van der Waals surface area contributed by atoms with Gasteiger partial charge in [-0.25, -0.2) is 0 Å². The molecule has 21 heavy (non-hydrogen) atoms. The van der Waals surface area contributed by atoms with Crippen LogP contribution in [0.15, 0.2) is 42.5 Å². The second kappa shape index (κ2) is 6.05. The lowest BCUT2D eigenvalue weighted by Gasteiger charge is -2.12. The molecule has 0 unspecified atom stereocenters. The average Bonchev–Trinajstić information content (AvgIpc) is 2.41. The predicted octanol–water partition coefficient (Wildman–Crippen LogP) is 4.23. The lowest BCUT2D eigenvalue weighted by molar-refractivity contribution is -0.137. The fourth-order valence-electron chi connectivity index (χ4n) is 1.81. The van der Waals surface area contributed by atoms with Crippen LogP contribution in [-0.4, -0.2) is 7.11 Å². The van der Waals surface area contributed by atoms with Crippen LogP contribution < -0.4 is 10.5 Å². The minimum Gasteiger partial charge on any atom is -0.455 e. The van der Waals surface area contributed by atoms with Gasteiger partial charge in [0.15, 0.2) is 0 Å². The van der Waals surface area contributed by atoms with Crippen molar-refractivity contribution in [3.05, 3.63) is 53.6 Å². The summed E-state index contributed by atoms with van der Waals surface area (Å²) in [6.07, 6.45) is -4.43. The summed E-state index contributed by atoms with van der Waals surface area (Å²) in [6, 6.07) is 10.0. The van der Waals surface area contributed by atoms with E-state index in [9.17, 15) is 13.2 Å². The Morgan fingerprint density at radius 3 is 2.48 bits per heavy atom. The van der Waals surface area contributed by atoms with E-state index in [1.165, 1.54) is 6.07 Å². The van der Waals surface area contributed by atoms with Crippen LogP contribution in [0.4, 0.5) is 18.9 Å². The second-order valence-corrected chi connectivity index (χ2v) is 4.43. The van der Waals surface area contributed by atoms with Crippen molar-refractivity contribution < 1.29 is 22.6 Å². The fourth-order valence-corrected chi connectivity index (χ4v) is 1.81. The third-order valence-electron chi connectivity index (χ3n) is 2.77. The van der Waals surface area contributed by atoms with E-state index in [-0.39, 0.29) is 11.4 Å². The number of hydrogen-bond acceptors (Lipinski definition) is 3. The molecule has 112 valence electrons. The normalized spacial score (nSPS) is 11.4. The average molecular weight is 297 g/mol. The van der Waals surface area contributed by atoms with Gasteiger partial charge in [-0.15, -0.1) is 0 Å². The lowest BCUT2D eigenvalue weighted by Crippen LogP contribution is -2.06. The van der Waals surface area contributed by atoms with Gasteiger partial charge in [0.05, 0.1) is 17.9 Å². The van der Waals surface area contributed by atoms with Crippen LogP contribution in [0.5, 0.6) is 11.5 Å². The molecule has 2 N–H and O–H groups in total. The molecule has 0 radical (unpaired) electrons. The number of ether oxygens (including phenoxy) is 2. The molecule has 0 spiro atoms. The summed E-state index contributed by atoms with van der Waals surface area (Å²) in [5, 5.41) is 0. The Morgan fingerprint density at radius 1 is 1.10 bits per heavy atom. The standard InChI is InChI=1S/C15H14F3NO2/c1-20-9-10-3-2-4-12(7-10)21-14-6-5-11(8-13(14)19)15(16,17)18/h2-8H,9,19H2,1H3. The SMILES string of the molecule is COCc1cccc(Oc2ccc(C(F)(F)F)cc2N)c1. The number of alkyl halides is 3. The van der Waals surface area contributed by atoms with Gasteiger partial charge in [0.1, 0.15) is 11.5 Å². The maximum Gasteiger partial charge on any atom is 0.416 e. The summed E-state index contributed by atoms with van der Waals surface area (Å²) in [4.78, 5) is 0. The van der Waals surface area contributed by atoms with Crippen LogP contribution in [0.25, 0.3) is 0 Å². The molecule has 0 saturated heterocycles. The van der Waals surface area contributed by atoms with E-state index in [1.807, 2.05) is 6.07 Å². The van der Waals surface area contributed by atoms with Crippen molar-refractivity contribution in [1.82, 2.24) is 0 Å². The summed E-state index contributed by atoms with van der Waals surface area (Å²) < 4.78 is 48.2. The summed E-state index contributed by atoms with van der Waals surface area (Å²) >= 11 is 0. The van der Waals surface area contributed by atoms with E-state index >= 15 is 0 Å². The number of anilines is 1. The molecule has 0 aromatic heterocycles. The highest BCUT2D eigenvalue weighted by Gasteiger charge is 2.30. The van der Waals surface area contributed by atoms with Crippen molar-refractivity contribution >= 4 is 5.69 Å². The van der Waals surface area contributed by atoms with Crippen LogP contribution in [0, 0.1) is 0 Å². The largest absolute Gasteiger partial charge is 0.455 e. The first kappa shape index (κ1) is 15.2. The smallest absolute Gasteiger partial charge is 0.416 e. The maximum atomic E-state index is 12.6. The number of nitrogen functional groups attached to an aromatic ring is 1. The van der Waals surface area contributed by atoms with E-state index in [1.54, 1.807) is 25.3 Å². The number of benzene rings is 2. The number of nitrogens with two attached hydrogens (primary N) is 1. The molecule has 2 rings (SSSR count). The highest BCUT2D eigenvalue weighted by Crippen LogP contribution is 2.35. The summed E-state index contributed by atoms with van der Waals surface area (Å²) in [6.45, 7) is 0.416. The molecule has 2 aromatic carbocycles. The third-order valence-corrected chi connectivity index (χ3v) is 2.77. The van der Waals surface area contributed by atoms with Gasteiger partial charge < -0.3 is 15.2 Å². The van der Waals surface area contributed by atoms with Gasteiger partial charge in [-0.3, -0.25) is 0 Å². The highest BCUT2D eigenvalue weighted by molar-refractivity contribution is 5.56. The Morgan fingerprint density at radius 2 is 1.86 bits per heavy atom. The first-order valence-corrected chi connectivity index (χ1v) is 6.12. The Labute approximate surface area is 120 Å². The van der Waals surface area contributed by atoms with Gasteiger partial charge >= 0.3 is 6.18 Å².